The third-order valence-electron chi connectivity index (χ3n) is 3.84. The molecule has 0 heterocycles. The largest absolute Gasteiger partial charge is 0.388 e. The molecule has 20 heavy (non-hydrogen) atoms. The summed E-state index contributed by atoms with van der Waals surface area (Å²) in [5.41, 5.74) is 1.62. The number of benzene rings is 1. The summed E-state index contributed by atoms with van der Waals surface area (Å²) in [7, 11) is 3.89. The SMILES string of the molecule is CNc1cc(NCC(C)N(C)C2CC2)cc([N+](=O)[O-])c1. The molecule has 6 nitrogen and oxygen atoms in total. The zero-order valence-corrected chi connectivity index (χ0v) is 12.2. The van der Waals surface area contributed by atoms with Crippen LogP contribution < -0.4 is 10.6 Å². The van der Waals surface area contributed by atoms with Crippen molar-refractivity contribution in [2.45, 2.75) is 31.8 Å². The highest BCUT2D eigenvalue weighted by Crippen LogP contribution is 2.27. The summed E-state index contributed by atoms with van der Waals surface area (Å²) < 4.78 is 0. The highest BCUT2D eigenvalue weighted by Gasteiger charge is 2.28. The molecular formula is C14H22N4O2. The molecule has 0 aliphatic heterocycles. The van der Waals surface area contributed by atoms with Crippen molar-refractivity contribution in [1.29, 1.82) is 0 Å². The van der Waals surface area contributed by atoms with Crippen molar-refractivity contribution in [1.82, 2.24) is 4.90 Å². The number of hydrogen-bond donors (Lipinski definition) is 2. The van der Waals surface area contributed by atoms with Crippen LogP contribution in [0.2, 0.25) is 0 Å². The van der Waals surface area contributed by atoms with Gasteiger partial charge in [-0.3, -0.25) is 15.0 Å². The van der Waals surface area contributed by atoms with Gasteiger partial charge in [0.2, 0.25) is 0 Å². The predicted molar refractivity (Wildman–Crippen MR) is 81.4 cm³/mol. The first-order valence-electron chi connectivity index (χ1n) is 6.94. The zero-order valence-electron chi connectivity index (χ0n) is 12.2. The smallest absolute Gasteiger partial charge is 0.273 e. The van der Waals surface area contributed by atoms with Crippen LogP contribution in [0.5, 0.6) is 0 Å². The first-order chi connectivity index (χ1) is 9.51. The molecule has 0 saturated heterocycles. The van der Waals surface area contributed by atoms with Gasteiger partial charge in [-0.1, -0.05) is 0 Å². The van der Waals surface area contributed by atoms with Crippen LogP contribution in [-0.2, 0) is 0 Å². The Labute approximate surface area is 119 Å². The van der Waals surface area contributed by atoms with Crippen LogP contribution in [0, 0.1) is 10.1 Å². The van der Waals surface area contributed by atoms with E-state index in [0.29, 0.717) is 12.1 Å². The molecule has 1 aliphatic rings. The van der Waals surface area contributed by atoms with Gasteiger partial charge in [0.25, 0.3) is 5.69 Å². The van der Waals surface area contributed by atoms with Crippen LogP contribution in [-0.4, -0.2) is 42.5 Å². The van der Waals surface area contributed by atoms with Crippen LogP contribution in [0.15, 0.2) is 18.2 Å². The van der Waals surface area contributed by atoms with Gasteiger partial charge in [-0.05, 0) is 32.9 Å². The van der Waals surface area contributed by atoms with Gasteiger partial charge in [-0.15, -0.1) is 0 Å². The molecule has 0 aromatic heterocycles. The molecule has 0 amide bonds. The number of anilines is 2. The average Bonchev–Trinajstić information content (AvgIpc) is 3.27. The highest BCUT2D eigenvalue weighted by atomic mass is 16.6. The van der Waals surface area contributed by atoms with Crippen LogP contribution >= 0.6 is 0 Å². The van der Waals surface area contributed by atoms with Gasteiger partial charge in [0.15, 0.2) is 0 Å². The molecule has 1 aromatic rings. The van der Waals surface area contributed by atoms with E-state index in [4.69, 9.17) is 0 Å². The fourth-order valence-electron chi connectivity index (χ4n) is 2.21. The second-order valence-corrected chi connectivity index (χ2v) is 5.40. The number of non-ortho nitro benzene ring substituents is 1. The number of nitro groups is 1. The molecule has 1 atom stereocenters. The molecular weight excluding hydrogens is 256 g/mol. The summed E-state index contributed by atoms with van der Waals surface area (Å²) >= 11 is 0. The minimum Gasteiger partial charge on any atom is -0.388 e. The van der Waals surface area contributed by atoms with Crippen molar-refractivity contribution in [3.63, 3.8) is 0 Å². The van der Waals surface area contributed by atoms with Crippen molar-refractivity contribution in [2.24, 2.45) is 0 Å². The van der Waals surface area contributed by atoms with Crippen molar-refractivity contribution in [2.75, 3.05) is 31.3 Å². The van der Waals surface area contributed by atoms with E-state index >= 15 is 0 Å². The Bertz CT molecular complexity index is 488. The second kappa shape index (κ2) is 6.09. The fraction of sp³-hybridized carbons (Fsp3) is 0.571. The quantitative estimate of drug-likeness (QED) is 0.592. The average molecular weight is 278 g/mol. The lowest BCUT2D eigenvalue weighted by Crippen LogP contribution is -2.36. The van der Waals surface area contributed by atoms with Crippen LogP contribution in [0.4, 0.5) is 17.1 Å². The molecule has 6 heteroatoms. The summed E-state index contributed by atoms with van der Waals surface area (Å²) in [5, 5.41) is 17.1. The lowest BCUT2D eigenvalue weighted by atomic mass is 10.2. The topological polar surface area (TPSA) is 70.4 Å². The number of likely N-dealkylation sites (N-methyl/N-ethyl adjacent to an activating group) is 1. The van der Waals surface area contributed by atoms with E-state index in [1.807, 2.05) is 6.07 Å². The summed E-state index contributed by atoms with van der Waals surface area (Å²) in [6.07, 6.45) is 2.56. The van der Waals surface area contributed by atoms with Crippen molar-refractivity contribution in [3.8, 4) is 0 Å². The van der Waals surface area contributed by atoms with Crippen LogP contribution in [0.25, 0.3) is 0 Å². The van der Waals surface area contributed by atoms with Crippen molar-refractivity contribution >= 4 is 17.1 Å². The number of rotatable bonds is 7. The highest BCUT2D eigenvalue weighted by molar-refractivity contribution is 5.63. The molecule has 0 spiro atoms. The van der Waals surface area contributed by atoms with Crippen LogP contribution in [0.1, 0.15) is 19.8 Å². The molecule has 1 fully saturated rings. The molecule has 0 bridgehead atoms. The fourth-order valence-corrected chi connectivity index (χ4v) is 2.21. The van der Waals surface area contributed by atoms with E-state index in [2.05, 4.69) is 29.5 Å². The molecule has 1 aliphatic carbocycles. The van der Waals surface area contributed by atoms with Gasteiger partial charge in [-0.25, -0.2) is 0 Å². The lowest BCUT2D eigenvalue weighted by Gasteiger charge is -2.25. The van der Waals surface area contributed by atoms with E-state index in [9.17, 15) is 10.1 Å². The number of nitrogens with one attached hydrogen (secondary N) is 2. The number of nitrogens with zero attached hydrogens (tertiary/aromatic N) is 2. The second-order valence-electron chi connectivity index (χ2n) is 5.40. The summed E-state index contributed by atoms with van der Waals surface area (Å²) in [6.45, 7) is 2.94. The molecule has 0 radical (unpaired) electrons. The molecule has 1 saturated carbocycles. The Morgan fingerprint density at radius 3 is 2.60 bits per heavy atom. The van der Waals surface area contributed by atoms with Gasteiger partial charge in [0, 0.05) is 49.2 Å². The Balaban J connectivity index is 2.00. The number of hydrogen-bond acceptors (Lipinski definition) is 5. The Hall–Kier alpha value is -1.82. The van der Waals surface area contributed by atoms with E-state index in [1.165, 1.54) is 18.9 Å². The molecule has 2 rings (SSSR count). The molecule has 1 aromatic carbocycles. The number of nitro benzene ring substituents is 1. The lowest BCUT2D eigenvalue weighted by molar-refractivity contribution is -0.384. The Morgan fingerprint density at radius 2 is 2.05 bits per heavy atom. The molecule has 2 N–H and O–H groups in total. The molecule has 110 valence electrons. The first-order valence-corrected chi connectivity index (χ1v) is 6.94. The maximum absolute atomic E-state index is 10.9. The minimum absolute atomic E-state index is 0.0996. The summed E-state index contributed by atoms with van der Waals surface area (Å²) in [5.74, 6) is 0. The summed E-state index contributed by atoms with van der Waals surface area (Å²) in [6, 6.07) is 6.11. The first kappa shape index (κ1) is 14.6. The third-order valence-corrected chi connectivity index (χ3v) is 3.84. The van der Waals surface area contributed by atoms with Crippen molar-refractivity contribution in [3.05, 3.63) is 28.3 Å². The zero-order chi connectivity index (χ0) is 14.7. The standard InChI is InChI=1S/C14H22N4O2/c1-10(17(3)13-4-5-13)9-16-12-6-11(15-2)7-14(8-12)18(19)20/h6-8,10,13,15-16H,4-5,9H2,1-3H3. The van der Waals surface area contributed by atoms with E-state index < -0.39 is 0 Å². The maximum Gasteiger partial charge on any atom is 0.273 e. The van der Waals surface area contributed by atoms with Gasteiger partial charge in [0.05, 0.1) is 4.92 Å². The monoisotopic (exact) mass is 278 g/mol. The molecule has 1 unspecified atom stereocenters. The van der Waals surface area contributed by atoms with E-state index in [1.54, 1.807) is 13.1 Å². The predicted octanol–water partition coefficient (Wildman–Crippen LogP) is 2.53. The van der Waals surface area contributed by atoms with E-state index in [0.717, 1.165) is 17.9 Å². The van der Waals surface area contributed by atoms with E-state index in [-0.39, 0.29) is 10.6 Å². The van der Waals surface area contributed by atoms with Gasteiger partial charge in [-0.2, -0.15) is 0 Å². The van der Waals surface area contributed by atoms with Crippen molar-refractivity contribution < 1.29 is 4.92 Å². The third kappa shape index (κ3) is 3.60. The van der Waals surface area contributed by atoms with Gasteiger partial charge < -0.3 is 10.6 Å². The maximum atomic E-state index is 10.9. The normalized spacial score (nSPS) is 16.0. The summed E-state index contributed by atoms with van der Waals surface area (Å²) in [4.78, 5) is 12.9. The van der Waals surface area contributed by atoms with Crippen LogP contribution in [0.3, 0.4) is 0 Å². The minimum atomic E-state index is -0.369. The van der Waals surface area contributed by atoms with Gasteiger partial charge in [0.1, 0.15) is 0 Å². The van der Waals surface area contributed by atoms with Gasteiger partial charge >= 0.3 is 0 Å². The Morgan fingerprint density at radius 1 is 1.40 bits per heavy atom. The Kier molecular flexibility index (Phi) is 4.44.